The van der Waals surface area contributed by atoms with Crippen LogP contribution in [0, 0.1) is 5.92 Å². The lowest BCUT2D eigenvalue weighted by Crippen LogP contribution is -2.39. The molecule has 2 heterocycles. The number of piperidine rings is 1. The van der Waals surface area contributed by atoms with E-state index in [2.05, 4.69) is 46.7 Å². The van der Waals surface area contributed by atoms with Crippen LogP contribution < -0.4 is 10.6 Å². The van der Waals surface area contributed by atoms with E-state index in [0.717, 1.165) is 58.1 Å². The molecule has 0 aromatic carbocycles. The zero-order chi connectivity index (χ0) is 17.2. The average molecular weight is 352 g/mol. The maximum atomic E-state index is 4.76. The van der Waals surface area contributed by atoms with Gasteiger partial charge in [0, 0.05) is 31.6 Å². The fraction of sp³-hybridized carbons (Fsp3) is 0.778. The fourth-order valence-corrected chi connectivity index (χ4v) is 3.68. The Morgan fingerprint density at radius 2 is 2.08 bits per heavy atom. The van der Waals surface area contributed by atoms with E-state index >= 15 is 0 Å². The molecule has 1 aliphatic heterocycles. The van der Waals surface area contributed by atoms with Gasteiger partial charge in [-0.1, -0.05) is 13.8 Å². The number of aliphatic imine (C=N–C) groups is 1. The van der Waals surface area contributed by atoms with Gasteiger partial charge < -0.3 is 10.6 Å². The van der Waals surface area contributed by atoms with Gasteiger partial charge in [0.1, 0.15) is 0 Å². The number of likely N-dealkylation sites (tertiary alicyclic amines) is 1. The average Bonchev–Trinajstić information content (AvgIpc) is 3.06. The summed E-state index contributed by atoms with van der Waals surface area (Å²) in [5.74, 6) is 1.68. The molecule has 1 aromatic rings. The number of nitrogens with zero attached hydrogens (tertiary/aromatic N) is 3. The molecule has 2 rings (SSSR count). The van der Waals surface area contributed by atoms with Crippen molar-refractivity contribution in [1.82, 2.24) is 20.5 Å². The summed E-state index contributed by atoms with van der Waals surface area (Å²) in [6, 6.07) is 0. The Balaban J connectivity index is 1.73. The molecule has 24 heavy (non-hydrogen) atoms. The van der Waals surface area contributed by atoms with Crippen molar-refractivity contribution in [3.63, 3.8) is 0 Å². The van der Waals surface area contributed by atoms with Crippen molar-refractivity contribution >= 4 is 17.3 Å². The van der Waals surface area contributed by atoms with Gasteiger partial charge in [0.05, 0.1) is 10.7 Å². The van der Waals surface area contributed by atoms with E-state index in [1.807, 2.05) is 0 Å². The molecule has 136 valence electrons. The van der Waals surface area contributed by atoms with Gasteiger partial charge in [-0.2, -0.15) is 0 Å². The molecule has 0 amide bonds. The smallest absolute Gasteiger partial charge is 0.191 e. The minimum Gasteiger partial charge on any atom is -0.357 e. The fourth-order valence-electron chi connectivity index (χ4n) is 2.95. The number of rotatable bonds is 8. The van der Waals surface area contributed by atoms with Gasteiger partial charge in [-0.3, -0.25) is 9.89 Å². The van der Waals surface area contributed by atoms with E-state index in [9.17, 15) is 0 Å². The molecule has 0 atom stereocenters. The first-order chi connectivity index (χ1) is 11.7. The van der Waals surface area contributed by atoms with Crippen molar-refractivity contribution in [3.8, 4) is 0 Å². The van der Waals surface area contributed by atoms with Gasteiger partial charge in [-0.25, -0.2) is 4.98 Å². The number of aromatic nitrogens is 1. The van der Waals surface area contributed by atoms with Crippen LogP contribution in [-0.4, -0.2) is 48.6 Å². The molecular weight excluding hydrogens is 318 g/mol. The normalized spacial score (nSPS) is 17.2. The van der Waals surface area contributed by atoms with E-state index in [1.54, 1.807) is 11.3 Å². The minimum atomic E-state index is 0.708. The van der Waals surface area contributed by atoms with Crippen LogP contribution in [-0.2, 0) is 13.0 Å². The van der Waals surface area contributed by atoms with Gasteiger partial charge in [-0.15, -0.1) is 11.3 Å². The predicted molar refractivity (Wildman–Crippen MR) is 104 cm³/mol. The second-order valence-corrected chi connectivity index (χ2v) is 7.39. The molecule has 2 N–H and O–H groups in total. The van der Waals surface area contributed by atoms with Crippen molar-refractivity contribution in [2.75, 3.05) is 32.7 Å². The molecular formula is C18H33N5S. The molecule has 1 saturated heterocycles. The SMILES string of the molecule is CCCNC(=NCC1CCN(Cc2csc(CC)n2)CC1)NCC. The molecule has 0 aliphatic carbocycles. The summed E-state index contributed by atoms with van der Waals surface area (Å²) in [5, 5.41) is 10.2. The quantitative estimate of drug-likeness (QED) is 0.558. The van der Waals surface area contributed by atoms with Crippen LogP contribution in [0.3, 0.4) is 0 Å². The summed E-state index contributed by atoms with van der Waals surface area (Å²) in [7, 11) is 0. The van der Waals surface area contributed by atoms with E-state index < -0.39 is 0 Å². The molecule has 1 aromatic heterocycles. The van der Waals surface area contributed by atoms with E-state index in [1.165, 1.54) is 23.5 Å². The van der Waals surface area contributed by atoms with Crippen molar-refractivity contribution in [1.29, 1.82) is 0 Å². The van der Waals surface area contributed by atoms with Gasteiger partial charge in [0.15, 0.2) is 5.96 Å². The van der Waals surface area contributed by atoms with Gasteiger partial charge in [-0.05, 0) is 51.6 Å². The van der Waals surface area contributed by atoms with Crippen LogP contribution in [0.2, 0.25) is 0 Å². The first-order valence-corrected chi connectivity index (χ1v) is 10.3. The zero-order valence-corrected chi connectivity index (χ0v) is 16.3. The number of aryl methyl sites for hydroxylation is 1. The van der Waals surface area contributed by atoms with E-state index in [4.69, 9.17) is 4.99 Å². The molecule has 1 aliphatic rings. The van der Waals surface area contributed by atoms with Crippen molar-refractivity contribution < 1.29 is 0 Å². The largest absolute Gasteiger partial charge is 0.357 e. The maximum Gasteiger partial charge on any atom is 0.191 e. The van der Waals surface area contributed by atoms with Crippen LogP contribution >= 0.6 is 11.3 Å². The van der Waals surface area contributed by atoms with Crippen LogP contribution in [0.5, 0.6) is 0 Å². The summed E-state index contributed by atoms with van der Waals surface area (Å²) in [4.78, 5) is 12.0. The molecule has 1 fully saturated rings. The van der Waals surface area contributed by atoms with E-state index in [0.29, 0.717) is 5.92 Å². The number of hydrogen-bond acceptors (Lipinski definition) is 4. The number of guanidine groups is 1. The Hall–Kier alpha value is -1.14. The standard InChI is InChI=1S/C18H33N5S/c1-4-9-20-18(19-6-3)21-12-15-7-10-23(11-8-15)13-16-14-24-17(5-2)22-16/h14-15H,4-13H2,1-3H3,(H2,19,20,21). The number of thiazole rings is 1. The lowest BCUT2D eigenvalue weighted by atomic mass is 9.97. The molecule has 6 heteroatoms. The van der Waals surface area contributed by atoms with Crippen molar-refractivity contribution in [2.24, 2.45) is 10.9 Å². The summed E-state index contributed by atoms with van der Waals surface area (Å²) < 4.78 is 0. The second-order valence-electron chi connectivity index (χ2n) is 6.45. The monoisotopic (exact) mass is 351 g/mol. The van der Waals surface area contributed by atoms with E-state index in [-0.39, 0.29) is 0 Å². The topological polar surface area (TPSA) is 52.6 Å². The molecule has 0 bridgehead atoms. The van der Waals surface area contributed by atoms with Gasteiger partial charge >= 0.3 is 0 Å². The molecule has 5 nitrogen and oxygen atoms in total. The summed E-state index contributed by atoms with van der Waals surface area (Å²) in [6.45, 7) is 12.6. The number of hydrogen-bond donors (Lipinski definition) is 2. The summed E-state index contributed by atoms with van der Waals surface area (Å²) in [5.41, 5.74) is 1.24. The highest BCUT2D eigenvalue weighted by Crippen LogP contribution is 2.20. The number of nitrogens with one attached hydrogen (secondary N) is 2. The highest BCUT2D eigenvalue weighted by atomic mass is 32.1. The van der Waals surface area contributed by atoms with Crippen LogP contribution in [0.4, 0.5) is 0 Å². The molecule has 0 spiro atoms. The summed E-state index contributed by atoms with van der Waals surface area (Å²) >= 11 is 1.79. The van der Waals surface area contributed by atoms with Gasteiger partial charge in [0.2, 0.25) is 0 Å². The third-order valence-corrected chi connectivity index (χ3v) is 5.43. The first kappa shape index (κ1) is 19.2. The first-order valence-electron chi connectivity index (χ1n) is 9.42. The lowest BCUT2D eigenvalue weighted by molar-refractivity contribution is 0.179. The Labute approximate surface area is 151 Å². The summed E-state index contributed by atoms with van der Waals surface area (Å²) in [6.07, 6.45) is 4.65. The van der Waals surface area contributed by atoms with Crippen molar-refractivity contribution in [2.45, 2.75) is 53.0 Å². The second kappa shape index (κ2) is 10.7. The minimum absolute atomic E-state index is 0.708. The Morgan fingerprint density at radius 3 is 2.71 bits per heavy atom. The predicted octanol–water partition coefficient (Wildman–Crippen LogP) is 2.88. The van der Waals surface area contributed by atoms with Crippen LogP contribution in [0.25, 0.3) is 0 Å². The molecule has 0 radical (unpaired) electrons. The Morgan fingerprint density at radius 1 is 1.29 bits per heavy atom. The third-order valence-electron chi connectivity index (χ3n) is 4.39. The van der Waals surface area contributed by atoms with Gasteiger partial charge in [0.25, 0.3) is 0 Å². The highest BCUT2D eigenvalue weighted by Gasteiger charge is 2.19. The molecule has 0 unspecified atom stereocenters. The molecule has 0 saturated carbocycles. The van der Waals surface area contributed by atoms with Crippen LogP contribution in [0.15, 0.2) is 10.4 Å². The zero-order valence-electron chi connectivity index (χ0n) is 15.5. The lowest BCUT2D eigenvalue weighted by Gasteiger charge is -2.30. The van der Waals surface area contributed by atoms with Crippen LogP contribution in [0.1, 0.15) is 50.7 Å². The van der Waals surface area contributed by atoms with Crippen molar-refractivity contribution in [3.05, 3.63) is 16.1 Å². The highest BCUT2D eigenvalue weighted by molar-refractivity contribution is 7.09. The third kappa shape index (κ3) is 6.40. The Kier molecular flexibility index (Phi) is 8.53. The maximum absolute atomic E-state index is 4.76. The Bertz CT molecular complexity index is 491.